The fraction of sp³-hybridized carbons (Fsp3) is 0.647. The minimum Gasteiger partial charge on any atom is -0.376 e. The average Bonchev–Trinajstić information content (AvgIpc) is 2.44. The van der Waals surface area contributed by atoms with Gasteiger partial charge in [-0.25, -0.2) is 0 Å². The van der Waals surface area contributed by atoms with E-state index in [0.717, 1.165) is 19.8 Å². The molecule has 0 aromatic heterocycles. The van der Waals surface area contributed by atoms with Gasteiger partial charge in [-0.05, 0) is 28.8 Å². The lowest BCUT2D eigenvalue weighted by Crippen LogP contribution is -2.28. The van der Waals surface area contributed by atoms with E-state index in [4.69, 9.17) is 9.47 Å². The number of ether oxygens (including phenoxy) is 2. The summed E-state index contributed by atoms with van der Waals surface area (Å²) in [5.74, 6) is 0. The molecule has 1 heterocycles. The van der Waals surface area contributed by atoms with Crippen LogP contribution in [-0.2, 0) is 15.9 Å². The molecule has 106 valence electrons. The highest BCUT2D eigenvalue weighted by molar-refractivity contribution is 5.33. The van der Waals surface area contributed by atoms with Crippen LogP contribution < -0.4 is 0 Å². The third kappa shape index (κ3) is 4.05. The third-order valence-corrected chi connectivity index (χ3v) is 3.81. The SMILES string of the molecule is CCCCCC1COCCO1.CCc1cc2ccc1=2. The number of hydrogen-bond acceptors (Lipinski definition) is 2. The first-order chi connectivity index (χ1) is 9.35. The molecule has 3 rings (SSSR count). The van der Waals surface area contributed by atoms with Gasteiger partial charge in [-0.2, -0.15) is 0 Å². The smallest absolute Gasteiger partial charge is 0.0809 e. The zero-order valence-corrected chi connectivity index (χ0v) is 12.3. The Morgan fingerprint density at radius 1 is 1.16 bits per heavy atom. The highest BCUT2D eigenvalue weighted by Gasteiger charge is 2.12. The summed E-state index contributed by atoms with van der Waals surface area (Å²) in [6.45, 7) is 6.80. The number of aryl methyl sites for hydroxylation is 1. The van der Waals surface area contributed by atoms with Gasteiger partial charge in [0.1, 0.15) is 0 Å². The molecule has 2 nitrogen and oxygen atoms in total. The minimum atomic E-state index is 0.385. The zero-order chi connectivity index (χ0) is 13.5. The molecule has 1 saturated heterocycles. The molecule has 0 saturated carbocycles. The van der Waals surface area contributed by atoms with Gasteiger partial charge in [-0.3, -0.25) is 0 Å². The molecule has 0 aromatic rings. The second-order valence-electron chi connectivity index (χ2n) is 5.29. The quantitative estimate of drug-likeness (QED) is 0.762. The van der Waals surface area contributed by atoms with Gasteiger partial charge < -0.3 is 9.47 Å². The topological polar surface area (TPSA) is 18.5 Å². The zero-order valence-electron chi connectivity index (χ0n) is 12.3. The maximum Gasteiger partial charge on any atom is 0.0809 e. The molecule has 3 aliphatic rings. The Morgan fingerprint density at radius 2 is 2.05 bits per heavy atom. The van der Waals surface area contributed by atoms with Crippen molar-refractivity contribution in [3.63, 3.8) is 0 Å². The van der Waals surface area contributed by atoms with Crippen LogP contribution in [0.1, 0.15) is 45.1 Å². The lowest BCUT2D eigenvalue weighted by atomic mass is 9.98. The van der Waals surface area contributed by atoms with Crippen molar-refractivity contribution in [1.29, 1.82) is 0 Å². The predicted octanol–water partition coefficient (Wildman–Crippen LogP) is 3.83. The van der Waals surface area contributed by atoms with Crippen molar-refractivity contribution in [2.24, 2.45) is 0 Å². The summed E-state index contributed by atoms with van der Waals surface area (Å²) in [5.41, 5.74) is 1.53. The largest absolute Gasteiger partial charge is 0.376 e. The van der Waals surface area contributed by atoms with Crippen LogP contribution in [0.3, 0.4) is 0 Å². The fourth-order valence-electron chi connectivity index (χ4n) is 2.49. The summed E-state index contributed by atoms with van der Waals surface area (Å²) in [4.78, 5) is 0. The molecule has 1 atom stereocenters. The molecule has 19 heavy (non-hydrogen) atoms. The molecule has 0 N–H and O–H groups in total. The van der Waals surface area contributed by atoms with Crippen molar-refractivity contribution in [2.75, 3.05) is 19.8 Å². The van der Waals surface area contributed by atoms with Gasteiger partial charge in [0, 0.05) is 0 Å². The molecule has 0 bridgehead atoms. The average molecular weight is 262 g/mol. The van der Waals surface area contributed by atoms with Crippen molar-refractivity contribution >= 4 is 0 Å². The van der Waals surface area contributed by atoms with Crippen molar-refractivity contribution < 1.29 is 9.47 Å². The fourth-order valence-corrected chi connectivity index (χ4v) is 2.49. The lowest BCUT2D eigenvalue weighted by molar-refractivity contribution is -0.0912. The van der Waals surface area contributed by atoms with Crippen LogP contribution in [-0.4, -0.2) is 25.9 Å². The van der Waals surface area contributed by atoms with E-state index < -0.39 is 0 Å². The monoisotopic (exact) mass is 262 g/mol. The Bertz CT molecular complexity index is 461. The van der Waals surface area contributed by atoms with E-state index in [2.05, 4.69) is 32.0 Å². The molecule has 1 fully saturated rings. The molecular weight excluding hydrogens is 236 g/mol. The second-order valence-corrected chi connectivity index (χ2v) is 5.29. The summed E-state index contributed by atoms with van der Waals surface area (Å²) in [6.07, 6.45) is 6.64. The molecule has 1 unspecified atom stereocenters. The molecule has 0 amide bonds. The molecule has 0 spiro atoms. The van der Waals surface area contributed by atoms with E-state index in [1.54, 1.807) is 0 Å². The van der Waals surface area contributed by atoms with Crippen molar-refractivity contribution in [3.8, 4) is 0 Å². The summed E-state index contributed by atoms with van der Waals surface area (Å²) >= 11 is 0. The summed E-state index contributed by atoms with van der Waals surface area (Å²) in [6, 6.07) is 6.61. The Labute approximate surface area is 116 Å². The standard InChI is InChI=1S/C9H18O2.C8H8/c1-2-3-4-5-9-8-10-6-7-11-9;1-2-6-5-7-3-4-8(6)7/h9H,2-8H2,1H3;3-5H,2H2,1H3. The van der Waals surface area contributed by atoms with Crippen molar-refractivity contribution in [3.05, 3.63) is 34.2 Å². The Balaban J connectivity index is 0.000000146. The Hall–Kier alpha value is -0.860. The van der Waals surface area contributed by atoms with Gasteiger partial charge in [0.05, 0.1) is 25.9 Å². The van der Waals surface area contributed by atoms with Gasteiger partial charge in [-0.15, -0.1) is 0 Å². The normalized spacial score (nSPS) is 19.6. The Morgan fingerprint density at radius 3 is 2.47 bits per heavy atom. The summed E-state index contributed by atoms with van der Waals surface area (Å²) in [7, 11) is 0. The lowest BCUT2D eigenvalue weighted by Gasteiger charge is -2.22. The summed E-state index contributed by atoms with van der Waals surface area (Å²) in [5, 5.41) is 2.97. The van der Waals surface area contributed by atoms with E-state index in [1.165, 1.54) is 48.1 Å². The highest BCUT2D eigenvalue weighted by Crippen LogP contribution is 2.15. The first kappa shape index (κ1) is 14.5. The number of rotatable bonds is 5. The van der Waals surface area contributed by atoms with Crippen molar-refractivity contribution in [1.82, 2.24) is 0 Å². The summed E-state index contributed by atoms with van der Waals surface area (Å²) < 4.78 is 10.8. The molecule has 1 aliphatic heterocycles. The minimum absolute atomic E-state index is 0.385. The molecule has 2 heteroatoms. The van der Waals surface area contributed by atoms with Crippen LogP contribution in [0, 0.1) is 10.4 Å². The molecular formula is C17H26O2. The van der Waals surface area contributed by atoms with Crippen LogP contribution in [0.4, 0.5) is 0 Å². The predicted molar refractivity (Wildman–Crippen MR) is 78.2 cm³/mol. The first-order valence-electron chi connectivity index (χ1n) is 7.67. The van der Waals surface area contributed by atoms with Gasteiger partial charge in [0.2, 0.25) is 0 Å². The molecule has 2 aliphatic carbocycles. The number of hydrogen-bond donors (Lipinski definition) is 0. The maximum atomic E-state index is 5.50. The molecule has 0 radical (unpaired) electrons. The van der Waals surface area contributed by atoms with Gasteiger partial charge in [0.15, 0.2) is 0 Å². The maximum absolute atomic E-state index is 5.50. The Kier molecular flexibility index (Phi) is 5.87. The third-order valence-electron chi connectivity index (χ3n) is 3.81. The van der Waals surface area contributed by atoms with E-state index >= 15 is 0 Å². The highest BCUT2D eigenvalue weighted by atomic mass is 16.6. The molecule has 0 aromatic carbocycles. The first-order valence-corrected chi connectivity index (χ1v) is 7.67. The van der Waals surface area contributed by atoms with Gasteiger partial charge in [-0.1, -0.05) is 51.3 Å². The van der Waals surface area contributed by atoms with E-state index in [0.29, 0.717) is 6.10 Å². The van der Waals surface area contributed by atoms with Crippen LogP contribution in [0.25, 0.3) is 0 Å². The number of unbranched alkanes of at least 4 members (excludes halogenated alkanes) is 2. The van der Waals surface area contributed by atoms with Crippen LogP contribution in [0.2, 0.25) is 0 Å². The van der Waals surface area contributed by atoms with Crippen molar-refractivity contribution in [2.45, 2.75) is 52.1 Å². The van der Waals surface area contributed by atoms with E-state index in [-0.39, 0.29) is 0 Å². The van der Waals surface area contributed by atoms with Gasteiger partial charge >= 0.3 is 0 Å². The van der Waals surface area contributed by atoms with E-state index in [1.807, 2.05) is 0 Å². The van der Waals surface area contributed by atoms with Crippen LogP contribution >= 0.6 is 0 Å². The van der Waals surface area contributed by atoms with Crippen LogP contribution in [0.5, 0.6) is 0 Å². The van der Waals surface area contributed by atoms with Gasteiger partial charge in [0.25, 0.3) is 0 Å². The van der Waals surface area contributed by atoms with Crippen LogP contribution in [0.15, 0.2) is 18.2 Å². The van der Waals surface area contributed by atoms with E-state index in [9.17, 15) is 0 Å². The number of benzene rings is 1. The second kappa shape index (κ2) is 7.66.